The summed E-state index contributed by atoms with van der Waals surface area (Å²) < 4.78 is 39.7. The van der Waals surface area contributed by atoms with Gasteiger partial charge < -0.3 is 53.7 Å². The van der Waals surface area contributed by atoms with Gasteiger partial charge in [0.05, 0.1) is 46.8 Å². The molecule has 4 aromatic carbocycles. The van der Waals surface area contributed by atoms with E-state index in [4.69, 9.17) is 32.8 Å². The van der Waals surface area contributed by atoms with Gasteiger partial charge in [0.25, 0.3) is 11.8 Å². The van der Waals surface area contributed by atoms with Crippen molar-refractivity contribution >= 4 is 20.1 Å². The van der Waals surface area contributed by atoms with Gasteiger partial charge >= 0.3 is 0 Å². The van der Waals surface area contributed by atoms with Crippen LogP contribution in [0.15, 0.2) is 84.9 Å². The molecular weight excluding hydrogens is 797 g/mol. The summed E-state index contributed by atoms with van der Waals surface area (Å²) in [5.74, 6) is 2.74. The molecule has 0 aromatic heterocycles. The van der Waals surface area contributed by atoms with E-state index in [-0.39, 0.29) is 43.2 Å². The topological polar surface area (TPSA) is 163 Å². The molecule has 4 rings (SSSR count). The number of carbonyl (C=O) groups is 2. The van der Waals surface area contributed by atoms with Crippen LogP contribution in [0, 0.1) is 0 Å². The summed E-state index contributed by atoms with van der Waals surface area (Å²) in [6, 6.07) is 25.5. The summed E-state index contributed by atoms with van der Waals surface area (Å²) in [7, 11) is 4.05. The van der Waals surface area contributed by atoms with Gasteiger partial charge in [-0.05, 0) is 115 Å². The molecule has 4 aromatic rings. The van der Waals surface area contributed by atoms with Crippen LogP contribution in [-0.4, -0.2) is 91.2 Å². The first-order valence-electron chi connectivity index (χ1n) is 20.5. The Labute approximate surface area is 361 Å². The molecule has 0 aliphatic rings. The SMILES string of the molecule is COc1ccc(CC[C@@H](O)c2cccc(OCC(=O)NCC(CNC(=O)COc3cccc([C@H](O)CCc4ccc(OC)c(OC)c4)c3)O[Si](C)(C)C(C)(C)C)c2)cc1OC. The second-order valence-corrected chi connectivity index (χ2v) is 21.1. The van der Waals surface area contributed by atoms with Crippen molar-refractivity contribution in [1.29, 1.82) is 0 Å². The van der Waals surface area contributed by atoms with Crippen LogP contribution in [0.25, 0.3) is 0 Å². The average molecular weight is 861 g/mol. The molecule has 0 radical (unpaired) electrons. The lowest BCUT2D eigenvalue weighted by Crippen LogP contribution is -2.51. The van der Waals surface area contributed by atoms with Gasteiger partial charge in [0.2, 0.25) is 0 Å². The number of aryl methyl sites for hydroxylation is 2. The average Bonchev–Trinajstić information content (AvgIpc) is 3.26. The Hall–Kier alpha value is -5.28. The molecule has 14 heteroatoms. The third-order valence-electron chi connectivity index (χ3n) is 10.9. The molecule has 4 N–H and O–H groups in total. The summed E-state index contributed by atoms with van der Waals surface area (Å²) >= 11 is 0. The number of ether oxygens (including phenoxy) is 6. The van der Waals surface area contributed by atoms with Crippen molar-refractivity contribution in [3.8, 4) is 34.5 Å². The Balaban J connectivity index is 1.26. The lowest BCUT2D eigenvalue weighted by atomic mass is 10.0. The molecule has 61 heavy (non-hydrogen) atoms. The molecule has 2 amide bonds. The molecule has 332 valence electrons. The van der Waals surface area contributed by atoms with Gasteiger partial charge in [-0.2, -0.15) is 0 Å². The molecule has 0 fully saturated rings. The maximum absolute atomic E-state index is 13.0. The minimum atomic E-state index is -2.30. The number of aliphatic hydroxyl groups excluding tert-OH is 2. The standard InChI is InChI=1S/C47H64N2O11Si/c1-47(2,3)61(8,9)60-38(28-48-45(52)30-58-36-14-10-12-34(26-36)39(50)20-16-32-18-22-41(54-4)43(24-32)56-6)29-49-46(53)31-59-37-15-11-13-35(27-37)40(51)21-17-33-19-23-42(55-5)44(25-33)57-7/h10-15,18-19,22-27,38-40,50-51H,16-17,20-21,28-31H2,1-9H3,(H,48,52)(H,49,53)/t39-,40-/m1/s1. The molecule has 0 aliphatic heterocycles. The fraction of sp³-hybridized carbons (Fsp3) is 0.447. The summed E-state index contributed by atoms with van der Waals surface area (Å²) in [6.07, 6.45) is 0.168. The minimum absolute atomic E-state index is 0.111. The van der Waals surface area contributed by atoms with Crippen LogP contribution >= 0.6 is 0 Å². The van der Waals surface area contributed by atoms with Gasteiger partial charge in [0.1, 0.15) is 11.5 Å². The molecule has 0 heterocycles. The third kappa shape index (κ3) is 15.0. The maximum Gasteiger partial charge on any atom is 0.258 e. The number of amides is 2. The van der Waals surface area contributed by atoms with Crippen molar-refractivity contribution in [2.75, 3.05) is 54.7 Å². The van der Waals surface area contributed by atoms with Crippen LogP contribution in [0.3, 0.4) is 0 Å². The van der Waals surface area contributed by atoms with Crippen LogP contribution in [0.5, 0.6) is 34.5 Å². The van der Waals surface area contributed by atoms with Gasteiger partial charge in [-0.3, -0.25) is 9.59 Å². The number of methoxy groups -OCH3 is 4. The summed E-state index contributed by atoms with van der Waals surface area (Å²) in [6.45, 7) is 10.4. The van der Waals surface area contributed by atoms with Gasteiger partial charge in [-0.25, -0.2) is 0 Å². The van der Waals surface area contributed by atoms with Crippen molar-refractivity contribution in [2.24, 2.45) is 0 Å². The van der Waals surface area contributed by atoms with Crippen molar-refractivity contribution in [2.45, 2.75) is 82.9 Å². The van der Waals surface area contributed by atoms with Gasteiger partial charge in [0.15, 0.2) is 44.5 Å². The van der Waals surface area contributed by atoms with E-state index in [0.29, 0.717) is 71.3 Å². The second-order valence-electron chi connectivity index (χ2n) is 16.3. The highest BCUT2D eigenvalue weighted by Crippen LogP contribution is 2.37. The molecule has 13 nitrogen and oxygen atoms in total. The van der Waals surface area contributed by atoms with Crippen LogP contribution in [0.2, 0.25) is 18.1 Å². The Bertz CT molecular complexity index is 1890. The van der Waals surface area contributed by atoms with Gasteiger partial charge in [-0.1, -0.05) is 57.2 Å². The van der Waals surface area contributed by atoms with Crippen LogP contribution < -0.4 is 39.1 Å². The zero-order valence-electron chi connectivity index (χ0n) is 37.0. The van der Waals surface area contributed by atoms with Crippen LogP contribution in [0.1, 0.15) is 68.1 Å². The number of rotatable bonds is 24. The third-order valence-corrected chi connectivity index (χ3v) is 15.4. The molecule has 0 bridgehead atoms. The first-order valence-corrected chi connectivity index (χ1v) is 23.4. The smallest absolute Gasteiger partial charge is 0.258 e. The number of hydrogen-bond acceptors (Lipinski definition) is 11. The monoisotopic (exact) mass is 860 g/mol. The predicted molar refractivity (Wildman–Crippen MR) is 238 cm³/mol. The summed E-state index contributed by atoms with van der Waals surface area (Å²) in [5, 5.41) is 27.6. The van der Waals surface area contributed by atoms with Gasteiger partial charge in [-0.15, -0.1) is 0 Å². The first-order chi connectivity index (χ1) is 29.0. The minimum Gasteiger partial charge on any atom is -0.493 e. The van der Waals surface area contributed by atoms with Crippen LogP contribution in [-0.2, 0) is 26.9 Å². The highest BCUT2D eigenvalue weighted by Gasteiger charge is 2.39. The lowest BCUT2D eigenvalue weighted by molar-refractivity contribution is -0.123. The largest absolute Gasteiger partial charge is 0.493 e. The normalized spacial score (nSPS) is 12.6. The Kier molecular flexibility index (Phi) is 18.3. The Morgan fingerprint density at radius 2 is 1.02 bits per heavy atom. The molecular formula is C47H64N2O11Si. The number of aliphatic hydroxyl groups is 2. The Morgan fingerprint density at radius 1 is 0.607 bits per heavy atom. The summed E-state index contributed by atoms with van der Waals surface area (Å²) in [5.41, 5.74) is 3.35. The summed E-state index contributed by atoms with van der Waals surface area (Å²) in [4.78, 5) is 26.0. The van der Waals surface area contributed by atoms with Crippen molar-refractivity contribution in [1.82, 2.24) is 10.6 Å². The number of hydrogen-bond donors (Lipinski definition) is 4. The van der Waals surface area contributed by atoms with E-state index < -0.39 is 26.6 Å². The van der Waals surface area contributed by atoms with Crippen molar-refractivity contribution < 1.29 is 52.6 Å². The first kappa shape index (κ1) is 48.4. The molecule has 0 unspecified atom stereocenters. The highest BCUT2D eigenvalue weighted by atomic mass is 28.4. The lowest BCUT2D eigenvalue weighted by Gasteiger charge is -2.39. The Morgan fingerprint density at radius 3 is 1.39 bits per heavy atom. The van der Waals surface area contributed by atoms with E-state index in [0.717, 1.165) is 11.1 Å². The fourth-order valence-corrected chi connectivity index (χ4v) is 7.59. The molecule has 0 aliphatic carbocycles. The number of nitrogens with one attached hydrogen (secondary N) is 2. The zero-order valence-corrected chi connectivity index (χ0v) is 38.0. The second kappa shape index (κ2) is 23.1. The number of carbonyl (C=O) groups excluding carboxylic acids is 2. The zero-order chi connectivity index (χ0) is 44.6. The van der Waals surface area contributed by atoms with Gasteiger partial charge in [0, 0.05) is 13.1 Å². The van der Waals surface area contributed by atoms with E-state index in [9.17, 15) is 19.8 Å². The fourth-order valence-electron chi connectivity index (χ4n) is 6.24. The molecule has 0 saturated heterocycles. The molecule has 0 saturated carbocycles. The van der Waals surface area contributed by atoms with E-state index >= 15 is 0 Å². The predicted octanol–water partition coefficient (Wildman–Crippen LogP) is 7.13. The quantitative estimate of drug-likeness (QED) is 0.0530. The van der Waals surface area contributed by atoms with Crippen molar-refractivity contribution in [3.05, 3.63) is 107 Å². The molecule has 0 spiro atoms. The highest BCUT2D eigenvalue weighted by molar-refractivity contribution is 6.74. The van der Waals surface area contributed by atoms with E-state index in [1.165, 1.54) is 0 Å². The van der Waals surface area contributed by atoms with Crippen LogP contribution in [0.4, 0.5) is 0 Å². The van der Waals surface area contributed by atoms with E-state index in [1.807, 2.05) is 48.5 Å². The number of benzene rings is 4. The molecule has 2 atom stereocenters. The van der Waals surface area contributed by atoms with Crippen molar-refractivity contribution in [3.63, 3.8) is 0 Å². The van der Waals surface area contributed by atoms with E-state index in [1.54, 1.807) is 64.8 Å². The van der Waals surface area contributed by atoms with E-state index in [2.05, 4.69) is 44.5 Å². The maximum atomic E-state index is 13.0.